The van der Waals surface area contributed by atoms with Gasteiger partial charge < -0.3 is 11.1 Å². The third kappa shape index (κ3) is 5.68. The smallest absolute Gasteiger partial charge is 0.318 e. The SMILES string of the molecule is C[C@H](NCC(=O)NC(N)=O)C1CCCCCC1. The van der Waals surface area contributed by atoms with Crippen molar-refractivity contribution in [2.75, 3.05) is 6.54 Å². The van der Waals surface area contributed by atoms with Crippen molar-refractivity contribution in [1.82, 2.24) is 10.6 Å². The standard InChI is InChI=1S/C12H23N3O2/c1-9(10-6-4-2-3-5-7-10)14-8-11(16)15-12(13)17/h9-10,14H,2-8H2,1H3,(H3,13,15,16,17)/t9-/m0/s1. The highest BCUT2D eigenvalue weighted by atomic mass is 16.2. The number of hydrogen-bond donors (Lipinski definition) is 3. The van der Waals surface area contributed by atoms with Gasteiger partial charge in [0, 0.05) is 6.04 Å². The predicted octanol–water partition coefficient (Wildman–Crippen LogP) is 1.13. The summed E-state index contributed by atoms with van der Waals surface area (Å²) in [4.78, 5) is 21.7. The van der Waals surface area contributed by atoms with Crippen LogP contribution in [0.4, 0.5) is 4.79 Å². The van der Waals surface area contributed by atoms with Gasteiger partial charge in [0.1, 0.15) is 0 Å². The molecular weight excluding hydrogens is 218 g/mol. The molecule has 98 valence electrons. The summed E-state index contributed by atoms with van der Waals surface area (Å²) in [6.07, 6.45) is 7.67. The fourth-order valence-corrected chi connectivity index (χ4v) is 2.41. The lowest BCUT2D eigenvalue weighted by atomic mass is 9.93. The van der Waals surface area contributed by atoms with Crippen LogP contribution >= 0.6 is 0 Å². The zero-order valence-corrected chi connectivity index (χ0v) is 10.5. The van der Waals surface area contributed by atoms with Crippen molar-refractivity contribution in [3.8, 4) is 0 Å². The number of urea groups is 1. The summed E-state index contributed by atoms with van der Waals surface area (Å²) in [7, 11) is 0. The first-order valence-electron chi connectivity index (χ1n) is 6.42. The minimum Gasteiger partial charge on any atom is -0.351 e. The molecule has 0 spiro atoms. The van der Waals surface area contributed by atoms with E-state index in [1.807, 2.05) is 0 Å². The maximum Gasteiger partial charge on any atom is 0.318 e. The zero-order valence-electron chi connectivity index (χ0n) is 10.5. The van der Waals surface area contributed by atoms with Gasteiger partial charge in [-0.15, -0.1) is 0 Å². The first-order chi connectivity index (χ1) is 8.09. The Morgan fingerprint density at radius 1 is 1.24 bits per heavy atom. The van der Waals surface area contributed by atoms with Crippen molar-refractivity contribution in [3.05, 3.63) is 0 Å². The second kappa shape index (κ2) is 7.27. The molecule has 1 fully saturated rings. The van der Waals surface area contributed by atoms with E-state index < -0.39 is 6.03 Å². The Morgan fingerprint density at radius 2 is 1.82 bits per heavy atom. The number of carbonyl (C=O) groups excluding carboxylic acids is 2. The number of amides is 3. The van der Waals surface area contributed by atoms with Crippen molar-refractivity contribution in [3.63, 3.8) is 0 Å². The topological polar surface area (TPSA) is 84.2 Å². The molecule has 0 aromatic rings. The molecule has 4 N–H and O–H groups in total. The highest BCUT2D eigenvalue weighted by Gasteiger charge is 2.19. The molecule has 5 nitrogen and oxygen atoms in total. The summed E-state index contributed by atoms with van der Waals surface area (Å²) in [5.41, 5.74) is 4.86. The van der Waals surface area contributed by atoms with Crippen LogP contribution in [0.25, 0.3) is 0 Å². The Balaban J connectivity index is 2.25. The molecule has 1 saturated carbocycles. The second-order valence-corrected chi connectivity index (χ2v) is 4.83. The summed E-state index contributed by atoms with van der Waals surface area (Å²) in [6, 6.07) is -0.481. The predicted molar refractivity (Wildman–Crippen MR) is 66.4 cm³/mol. The lowest BCUT2D eigenvalue weighted by molar-refractivity contribution is -0.119. The number of primary amides is 1. The van der Waals surface area contributed by atoms with E-state index in [4.69, 9.17) is 5.73 Å². The van der Waals surface area contributed by atoms with Gasteiger partial charge in [-0.05, 0) is 25.7 Å². The number of hydrogen-bond acceptors (Lipinski definition) is 3. The molecule has 17 heavy (non-hydrogen) atoms. The van der Waals surface area contributed by atoms with Crippen molar-refractivity contribution in [2.24, 2.45) is 11.7 Å². The molecule has 0 aliphatic heterocycles. The van der Waals surface area contributed by atoms with Gasteiger partial charge in [-0.3, -0.25) is 10.1 Å². The van der Waals surface area contributed by atoms with Crippen LogP contribution in [0.3, 0.4) is 0 Å². The number of imide groups is 1. The monoisotopic (exact) mass is 241 g/mol. The molecule has 3 amide bonds. The maximum absolute atomic E-state index is 11.2. The van der Waals surface area contributed by atoms with Gasteiger partial charge in [-0.25, -0.2) is 4.79 Å². The Bertz CT molecular complexity index is 260. The van der Waals surface area contributed by atoms with E-state index in [2.05, 4.69) is 17.6 Å². The van der Waals surface area contributed by atoms with Crippen molar-refractivity contribution in [1.29, 1.82) is 0 Å². The molecule has 1 atom stereocenters. The normalized spacial score (nSPS) is 19.4. The van der Waals surface area contributed by atoms with Crippen LogP contribution in [0.1, 0.15) is 45.4 Å². The first kappa shape index (κ1) is 14.0. The van der Waals surface area contributed by atoms with E-state index in [1.54, 1.807) is 0 Å². The average molecular weight is 241 g/mol. The molecule has 1 rings (SSSR count). The fraction of sp³-hybridized carbons (Fsp3) is 0.833. The van der Waals surface area contributed by atoms with Crippen molar-refractivity contribution >= 4 is 11.9 Å². The molecule has 1 aliphatic carbocycles. The first-order valence-corrected chi connectivity index (χ1v) is 6.42. The minimum atomic E-state index is -0.793. The maximum atomic E-state index is 11.2. The highest BCUT2D eigenvalue weighted by Crippen LogP contribution is 2.25. The third-order valence-corrected chi connectivity index (χ3v) is 3.45. The van der Waals surface area contributed by atoms with E-state index >= 15 is 0 Å². The number of rotatable bonds is 4. The van der Waals surface area contributed by atoms with E-state index in [0.717, 1.165) is 0 Å². The van der Waals surface area contributed by atoms with E-state index in [1.165, 1.54) is 38.5 Å². The van der Waals surface area contributed by atoms with E-state index in [9.17, 15) is 9.59 Å². The average Bonchev–Trinajstić information content (AvgIpc) is 2.53. The molecular formula is C12H23N3O2. The molecule has 0 aromatic heterocycles. The molecule has 0 radical (unpaired) electrons. The molecule has 0 aromatic carbocycles. The van der Waals surface area contributed by atoms with Crippen LogP contribution in [-0.2, 0) is 4.79 Å². The van der Waals surface area contributed by atoms with Gasteiger partial charge in [-0.2, -0.15) is 0 Å². The van der Waals surface area contributed by atoms with Gasteiger partial charge in [0.05, 0.1) is 6.54 Å². The van der Waals surface area contributed by atoms with Gasteiger partial charge in [0.2, 0.25) is 5.91 Å². The lowest BCUT2D eigenvalue weighted by Gasteiger charge is -2.23. The summed E-state index contributed by atoms with van der Waals surface area (Å²) in [6.45, 7) is 2.26. The number of nitrogens with one attached hydrogen (secondary N) is 2. The second-order valence-electron chi connectivity index (χ2n) is 4.83. The van der Waals surface area contributed by atoms with Gasteiger partial charge in [-0.1, -0.05) is 25.7 Å². The molecule has 0 heterocycles. The molecule has 0 unspecified atom stereocenters. The Morgan fingerprint density at radius 3 is 2.35 bits per heavy atom. The van der Waals surface area contributed by atoms with E-state index in [-0.39, 0.29) is 12.5 Å². The zero-order chi connectivity index (χ0) is 12.7. The Labute approximate surface area is 103 Å². The van der Waals surface area contributed by atoms with E-state index in [0.29, 0.717) is 12.0 Å². The third-order valence-electron chi connectivity index (χ3n) is 3.45. The van der Waals surface area contributed by atoms with Crippen LogP contribution in [0.5, 0.6) is 0 Å². The van der Waals surface area contributed by atoms with Gasteiger partial charge >= 0.3 is 6.03 Å². The highest BCUT2D eigenvalue weighted by molar-refractivity contribution is 5.94. The fourth-order valence-electron chi connectivity index (χ4n) is 2.41. The summed E-state index contributed by atoms with van der Waals surface area (Å²) in [5.74, 6) is 0.275. The van der Waals surface area contributed by atoms with Crippen molar-refractivity contribution < 1.29 is 9.59 Å². The summed E-state index contributed by atoms with van der Waals surface area (Å²) < 4.78 is 0. The van der Waals surface area contributed by atoms with Crippen LogP contribution in [0, 0.1) is 5.92 Å². The number of nitrogens with two attached hydrogens (primary N) is 1. The van der Waals surface area contributed by atoms with Gasteiger partial charge in [0.25, 0.3) is 0 Å². The largest absolute Gasteiger partial charge is 0.351 e. The van der Waals surface area contributed by atoms with Crippen LogP contribution < -0.4 is 16.4 Å². The van der Waals surface area contributed by atoms with Crippen molar-refractivity contribution in [2.45, 2.75) is 51.5 Å². The molecule has 0 saturated heterocycles. The lowest BCUT2D eigenvalue weighted by Crippen LogP contribution is -2.44. The molecule has 0 bridgehead atoms. The molecule has 1 aliphatic rings. The van der Waals surface area contributed by atoms with Crippen LogP contribution in [0.15, 0.2) is 0 Å². The summed E-state index contributed by atoms with van der Waals surface area (Å²) >= 11 is 0. The summed E-state index contributed by atoms with van der Waals surface area (Å²) in [5, 5.41) is 5.22. The minimum absolute atomic E-state index is 0.153. The van der Waals surface area contributed by atoms with Crippen LogP contribution in [-0.4, -0.2) is 24.5 Å². The Kier molecular flexibility index (Phi) is 5.97. The quantitative estimate of drug-likeness (QED) is 0.645. The molecule has 5 heteroatoms. The van der Waals surface area contributed by atoms with Crippen LogP contribution in [0.2, 0.25) is 0 Å². The van der Waals surface area contributed by atoms with Gasteiger partial charge in [0.15, 0.2) is 0 Å². The number of carbonyl (C=O) groups is 2. The Hall–Kier alpha value is -1.10.